The Labute approximate surface area is 274 Å². The Bertz CT molecular complexity index is 1720. The molecule has 0 radical (unpaired) electrons. The topological polar surface area (TPSA) is 96.0 Å². The normalized spacial score (nSPS) is 12.0. The second-order valence-corrected chi connectivity index (χ2v) is 13.4. The van der Waals surface area contributed by atoms with Gasteiger partial charge in [-0.2, -0.15) is 0 Å². The minimum Gasteiger partial charge on any atom is -0.497 e. The second kappa shape index (κ2) is 15.3. The summed E-state index contributed by atoms with van der Waals surface area (Å²) in [7, 11) is -2.73. The maximum atomic E-state index is 14.5. The molecular weight excluding hydrogens is 633 g/mol. The van der Waals surface area contributed by atoms with E-state index >= 15 is 0 Å². The van der Waals surface area contributed by atoms with Crippen LogP contribution in [0.1, 0.15) is 25.0 Å². The minimum absolute atomic E-state index is 0.0173. The fourth-order valence-electron chi connectivity index (χ4n) is 4.80. The number of ether oxygens (including phenoxy) is 1. The van der Waals surface area contributed by atoms with Crippen molar-refractivity contribution in [1.29, 1.82) is 0 Å². The number of nitrogens with one attached hydrogen (secondary N) is 1. The van der Waals surface area contributed by atoms with E-state index in [-0.39, 0.29) is 35.5 Å². The van der Waals surface area contributed by atoms with Crippen molar-refractivity contribution in [2.75, 3.05) is 18.0 Å². The lowest BCUT2D eigenvalue weighted by molar-refractivity contribution is -0.140. The molecule has 11 heteroatoms. The number of hydrogen-bond donors (Lipinski definition) is 1. The highest BCUT2D eigenvalue weighted by atomic mass is 35.5. The van der Waals surface area contributed by atoms with E-state index in [9.17, 15) is 18.0 Å². The number of rotatable bonds is 13. The Kier molecular flexibility index (Phi) is 11.5. The summed E-state index contributed by atoms with van der Waals surface area (Å²) < 4.78 is 34.5. The Hall–Kier alpha value is -4.05. The SMILES string of the molecule is COc1cccc(CN(C(=O)CN(c2cccc(Cl)c2)S(=O)(=O)c2ccc(Cl)cc2)[C@H](Cc2ccccc2)C(=O)NC(C)C)c1. The lowest BCUT2D eigenvalue weighted by Crippen LogP contribution is -2.54. The maximum Gasteiger partial charge on any atom is 0.264 e. The van der Waals surface area contributed by atoms with Crippen LogP contribution in [0.2, 0.25) is 10.0 Å². The Morgan fingerprint density at radius 2 is 1.49 bits per heavy atom. The monoisotopic (exact) mass is 667 g/mol. The van der Waals surface area contributed by atoms with Crippen molar-refractivity contribution < 1.29 is 22.7 Å². The van der Waals surface area contributed by atoms with E-state index in [4.69, 9.17) is 27.9 Å². The van der Waals surface area contributed by atoms with E-state index in [0.29, 0.717) is 21.4 Å². The smallest absolute Gasteiger partial charge is 0.264 e. The van der Waals surface area contributed by atoms with Crippen LogP contribution in [0.4, 0.5) is 5.69 Å². The molecule has 0 heterocycles. The van der Waals surface area contributed by atoms with Crippen molar-refractivity contribution in [2.24, 2.45) is 0 Å². The maximum absolute atomic E-state index is 14.5. The summed E-state index contributed by atoms with van der Waals surface area (Å²) in [4.78, 5) is 29.6. The fraction of sp³-hybridized carbons (Fsp3) is 0.235. The highest BCUT2D eigenvalue weighted by molar-refractivity contribution is 7.92. The first-order chi connectivity index (χ1) is 21.5. The highest BCUT2D eigenvalue weighted by Gasteiger charge is 2.35. The van der Waals surface area contributed by atoms with Crippen LogP contribution < -0.4 is 14.4 Å². The summed E-state index contributed by atoms with van der Waals surface area (Å²) in [5, 5.41) is 3.60. The van der Waals surface area contributed by atoms with Crippen LogP contribution in [-0.2, 0) is 32.6 Å². The first-order valence-electron chi connectivity index (χ1n) is 14.3. The van der Waals surface area contributed by atoms with Gasteiger partial charge >= 0.3 is 0 Å². The zero-order chi connectivity index (χ0) is 32.6. The van der Waals surface area contributed by atoms with Gasteiger partial charge in [0, 0.05) is 29.1 Å². The zero-order valence-corrected chi connectivity index (χ0v) is 27.5. The highest BCUT2D eigenvalue weighted by Crippen LogP contribution is 2.28. The quantitative estimate of drug-likeness (QED) is 0.179. The number of amides is 2. The third kappa shape index (κ3) is 9.00. The third-order valence-electron chi connectivity index (χ3n) is 6.97. The summed E-state index contributed by atoms with van der Waals surface area (Å²) >= 11 is 12.3. The molecule has 0 aliphatic rings. The Morgan fingerprint density at radius 3 is 2.13 bits per heavy atom. The van der Waals surface area contributed by atoms with Gasteiger partial charge < -0.3 is 15.0 Å². The van der Waals surface area contributed by atoms with Crippen molar-refractivity contribution >= 4 is 50.7 Å². The van der Waals surface area contributed by atoms with E-state index in [0.717, 1.165) is 9.87 Å². The van der Waals surface area contributed by atoms with Crippen molar-refractivity contribution in [3.8, 4) is 5.75 Å². The van der Waals surface area contributed by atoms with E-state index in [1.165, 1.54) is 35.2 Å². The molecule has 2 amide bonds. The molecule has 0 bridgehead atoms. The van der Waals surface area contributed by atoms with Gasteiger partial charge in [-0.15, -0.1) is 0 Å². The lowest BCUT2D eigenvalue weighted by atomic mass is 10.0. The van der Waals surface area contributed by atoms with Crippen molar-refractivity contribution in [2.45, 2.75) is 43.8 Å². The van der Waals surface area contributed by atoms with Gasteiger partial charge in [-0.3, -0.25) is 13.9 Å². The molecule has 8 nitrogen and oxygen atoms in total. The molecule has 0 fully saturated rings. The van der Waals surface area contributed by atoms with Crippen LogP contribution in [0, 0.1) is 0 Å². The van der Waals surface area contributed by atoms with Gasteiger partial charge in [0.15, 0.2) is 0 Å². The van der Waals surface area contributed by atoms with E-state index in [1.54, 1.807) is 43.5 Å². The number of hydrogen-bond acceptors (Lipinski definition) is 5. The molecule has 0 aliphatic heterocycles. The number of benzene rings is 4. The summed E-state index contributed by atoms with van der Waals surface area (Å²) in [5.41, 5.74) is 1.73. The molecule has 4 aromatic rings. The van der Waals surface area contributed by atoms with Crippen LogP contribution in [-0.4, -0.2) is 50.9 Å². The molecule has 0 saturated carbocycles. The lowest BCUT2D eigenvalue weighted by Gasteiger charge is -2.34. The molecule has 0 saturated heterocycles. The number of nitrogens with zero attached hydrogens (tertiary/aromatic N) is 2. The average Bonchev–Trinajstić information content (AvgIpc) is 3.01. The van der Waals surface area contributed by atoms with Crippen LogP contribution in [0.25, 0.3) is 0 Å². The van der Waals surface area contributed by atoms with Gasteiger partial charge in [0.2, 0.25) is 11.8 Å². The largest absolute Gasteiger partial charge is 0.497 e. The van der Waals surface area contributed by atoms with Gasteiger partial charge in [-0.1, -0.05) is 71.7 Å². The Balaban J connectivity index is 1.82. The van der Waals surface area contributed by atoms with E-state index < -0.39 is 28.5 Å². The van der Waals surface area contributed by atoms with E-state index in [1.807, 2.05) is 50.2 Å². The molecule has 1 N–H and O–H groups in total. The summed E-state index contributed by atoms with van der Waals surface area (Å²) in [6, 6.07) is 27.3. The first kappa shape index (κ1) is 33.8. The molecule has 0 spiro atoms. The van der Waals surface area contributed by atoms with Crippen LogP contribution in [0.15, 0.2) is 108 Å². The predicted molar refractivity (Wildman–Crippen MR) is 178 cm³/mol. The average molecular weight is 669 g/mol. The molecule has 0 aromatic heterocycles. The van der Waals surface area contributed by atoms with Gasteiger partial charge in [-0.05, 0) is 79.6 Å². The molecule has 0 unspecified atom stereocenters. The number of sulfonamides is 1. The van der Waals surface area contributed by atoms with Gasteiger partial charge in [0.25, 0.3) is 10.0 Å². The van der Waals surface area contributed by atoms with Gasteiger partial charge in [0.1, 0.15) is 18.3 Å². The predicted octanol–water partition coefficient (Wildman–Crippen LogP) is 6.36. The van der Waals surface area contributed by atoms with Crippen LogP contribution >= 0.6 is 23.2 Å². The van der Waals surface area contributed by atoms with Crippen LogP contribution in [0.5, 0.6) is 5.75 Å². The molecular formula is C34H35Cl2N3O5S. The fourth-order valence-corrected chi connectivity index (χ4v) is 6.51. The first-order valence-corrected chi connectivity index (χ1v) is 16.5. The molecule has 236 valence electrons. The number of anilines is 1. The number of carbonyl (C=O) groups is 2. The summed E-state index contributed by atoms with van der Waals surface area (Å²) in [5.74, 6) is -0.368. The number of carbonyl (C=O) groups excluding carboxylic acids is 2. The molecule has 1 atom stereocenters. The van der Waals surface area contributed by atoms with Crippen LogP contribution in [0.3, 0.4) is 0 Å². The van der Waals surface area contributed by atoms with Gasteiger partial charge in [-0.25, -0.2) is 8.42 Å². The van der Waals surface area contributed by atoms with Crippen molar-refractivity contribution in [3.63, 3.8) is 0 Å². The minimum atomic E-state index is -4.28. The Morgan fingerprint density at radius 1 is 0.822 bits per heavy atom. The number of halogens is 2. The zero-order valence-electron chi connectivity index (χ0n) is 25.2. The van der Waals surface area contributed by atoms with Crippen molar-refractivity contribution in [1.82, 2.24) is 10.2 Å². The third-order valence-corrected chi connectivity index (χ3v) is 9.24. The van der Waals surface area contributed by atoms with Gasteiger partial charge in [0.05, 0.1) is 17.7 Å². The standard InChI is InChI=1S/C34H35Cl2N3O5S/c1-24(2)37-34(41)32(20-25-9-5-4-6-10-25)38(22-26-11-7-14-30(19-26)44-3)33(40)23-39(29-13-8-12-28(36)21-29)45(42,43)31-17-15-27(35)16-18-31/h4-19,21,24,32H,20,22-23H2,1-3H3,(H,37,41)/t32-/m1/s1. The number of methoxy groups -OCH3 is 1. The second-order valence-electron chi connectivity index (χ2n) is 10.7. The van der Waals surface area contributed by atoms with E-state index in [2.05, 4.69) is 5.32 Å². The molecule has 0 aliphatic carbocycles. The summed E-state index contributed by atoms with van der Waals surface area (Å²) in [6.45, 7) is 3.09. The molecule has 4 aromatic carbocycles. The summed E-state index contributed by atoms with van der Waals surface area (Å²) in [6.07, 6.45) is 0.205. The molecule has 45 heavy (non-hydrogen) atoms. The van der Waals surface area contributed by atoms with Crippen molar-refractivity contribution in [3.05, 3.63) is 124 Å². The molecule has 4 rings (SSSR count).